The molecule has 9 heteroatoms. The molecule has 1 heterocycles. The Balaban J connectivity index is 1.83. The van der Waals surface area contributed by atoms with E-state index in [0.717, 1.165) is 17.8 Å². The lowest BCUT2D eigenvalue weighted by Crippen LogP contribution is -2.23. The Morgan fingerprint density at radius 1 is 1.17 bits per heavy atom. The number of carbonyl (C=O) groups excluding carboxylic acids is 1. The molecule has 0 spiro atoms. The number of nitrogens with one attached hydrogen (secondary N) is 1. The normalized spacial score (nSPS) is 11.5. The van der Waals surface area contributed by atoms with Crippen LogP contribution in [0.3, 0.4) is 0 Å². The minimum Gasteiger partial charge on any atom is -0.325 e. The zero-order chi connectivity index (χ0) is 16.4. The van der Waals surface area contributed by atoms with E-state index in [2.05, 4.69) is 14.1 Å². The molecule has 0 atom stereocenters. The number of amides is 1. The lowest BCUT2D eigenvalue weighted by atomic mass is 10.3. The molecular weight excluding hydrogens is 341 g/mol. The fourth-order valence-corrected chi connectivity index (χ4v) is 3.96. The highest BCUT2D eigenvalue weighted by Crippen LogP contribution is 2.22. The van der Waals surface area contributed by atoms with E-state index in [1.165, 1.54) is 24.3 Å². The van der Waals surface area contributed by atoms with Crippen LogP contribution in [0.25, 0.3) is 11.0 Å². The van der Waals surface area contributed by atoms with Crippen LogP contribution in [0, 0.1) is 5.82 Å². The number of hydrogen-bond acceptors (Lipinski definition) is 6. The van der Waals surface area contributed by atoms with E-state index in [9.17, 15) is 17.6 Å². The number of halogens is 1. The first-order valence-electron chi connectivity index (χ1n) is 6.45. The molecule has 0 saturated carbocycles. The Hall–Kier alpha value is -2.39. The fraction of sp³-hybridized carbons (Fsp3) is 0.0714. The van der Waals surface area contributed by atoms with Gasteiger partial charge in [0.15, 0.2) is 9.84 Å². The molecule has 1 amide bonds. The third-order valence-electron chi connectivity index (χ3n) is 3.01. The number of aromatic nitrogens is 2. The van der Waals surface area contributed by atoms with Crippen molar-refractivity contribution in [3.05, 3.63) is 48.3 Å². The first-order valence-corrected chi connectivity index (χ1v) is 8.83. The number of nitrogens with zero attached hydrogens (tertiary/aromatic N) is 2. The first kappa shape index (κ1) is 15.5. The van der Waals surface area contributed by atoms with E-state index >= 15 is 0 Å². The van der Waals surface area contributed by atoms with E-state index in [1.807, 2.05) is 0 Å². The highest BCUT2D eigenvalue weighted by molar-refractivity contribution is 7.92. The number of rotatable bonds is 4. The average molecular weight is 351 g/mol. The second-order valence-corrected chi connectivity index (χ2v) is 7.19. The monoisotopic (exact) mass is 351 g/mol. The minimum atomic E-state index is -3.89. The summed E-state index contributed by atoms with van der Waals surface area (Å²) in [5.41, 5.74) is 0.899. The van der Waals surface area contributed by atoms with Crippen LogP contribution in [0.4, 0.5) is 10.1 Å². The van der Waals surface area contributed by atoms with Gasteiger partial charge < -0.3 is 5.32 Å². The van der Waals surface area contributed by atoms with Gasteiger partial charge >= 0.3 is 0 Å². The summed E-state index contributed by atoms with van der Waals surface area (Å²) in [5.74, 6) is -2.04. The molecule has 1 N–H and O–H groups in total. The van der Waals surface area contributed by atoms with E-state index in [0.29, 0.717) is 5.52 Å². The van der Waals surface area contributed by atoms with Crippen LogP contribution in [0.2, 0.25) is 0 Å². The maximum absolute atomic E-state index is 13.1. The number of carbonyl (C=O) groups is 1. The summed E-state index contributed by atoms with van der Waals surface area (Å²) in [6.45, 7) is 0. The second kappa shape index (κ2) is 6.01. The van der Waals surface area contributed by atoms with Gasteiger partial charge in [0, 0.05) is 5.69 Å². The van der Waals surface area contributed by atoms with Crippen molar-refractivity contribution in [1.29, 1.82) is 0 Å². The molecule has 118 valence electrons. The number of fused-ring (bicyclic) bond motifs is 1. The number of benzene rings is 2. The molecule has 0 aliphatic carbocycles. The molecule has 3 rings (SSSR count). The summed E-state index contributed by atoms with van der Waals surface area (Å²) in [7, 11) is -3.89. The van der Waals surface area contributed by atoms with Crippen molar-refractivity contribution in [3.8, 4) is 0 Å². The molecule has 0 fully saturated rings. The van der Waals surface area contributed by atoms with Crippen LogP contribution < -0.4 is 5.32 Å². The molecule has 1 aromatic heterocycles. The highest BCUT2D eigenvalue weighted by atomic mass is 32.2. The molecule has 2 aromatic carbocycles. The van der Waals surface area contributed by atoms with Gasteiger partial charge in [-0.05, 0) is 30.3 Å². The summed E-state index contributed by atoms with van der Waals surface area (Å²) in [6.07, 6.45) is 0. The molecular formula is C14H10FN3O3S2. The Morgan fingerprint density at radius 2 is 1.96 bits per heavy atom. The van der Waals surface area contributed by atoms with Gasteiger partial charge in [0.1, 0.15) is 22.6 Å². The molecule has 0 aliphatic heterocycles. The van der Waals surface area contributed by atoms with Gasteiger partial charge in [-0.2, -0.15) is 8.75 Å². The molecule has 3 aromatic rings. The van der Waals surface area contributed by atoms with Crippen LogP contribution in [0.5, 0.6) is 0 Å². The van der Waals surface area contributed by atoms with Gasteiger partial charge in [0.25, 0.3) is 0 Å². The minimum absolute atomic E-state index is 0.0434. The van der Waals surface area contributed by atoms with Crippen LogP contribution >= 0.6 is 11.7 Å². The quantitative estimate of drug-likeness (QED) is 0.779. The Bertz CT molecular complexity index is 986. The van der Waals surface area contributed by atoms with E-state index in [4.69, 9.17) is 0 Å². The van der Waals surface area contributed by atoms with Crippen LogP contribution in [-0.2, 0) is 14.6 Å². The summed E-state index contributed by atoms with van der Waals surface area (Å²) < 4.78 is 45.8. The molecule has 0 bridgehead atoms. The molecule has 6 nitrogen and oxygen atoms in total. The van der Waals surface area contributed by atoms with Gasteiger partial charge in [-0.25, -0.2) is 12.8 Å². The second-order valence-electron chi connectivity index (χ2n) is 4.71. The molecule has 0 saturated heterocycles. The van der Waals surface area contributed by atoms with E-state index < -0.39 is 27.3 Å². The lowest BCUT2D eigenvalue weighted by molar-refractivity contribution is -0.113. The first-order chi connectivity index (χ1) is 11.0. The van der Waals surface area contributed by atoms with Crippen LogP contribution in [0.15, 0.2) is 47.4 Å². The van der Waals surface area contributed by atoms with Crippen molar-refractivity contribution >= 4 is 44.2 Å². The molecule has 0 aliphatic rings. The zero-order valence-electron chi connectivity index (χ0n) is 11.6. The maximum Gasteiger partial charge on any atom is 0.239 e. The van der Waals surface area contributed by atoms with Crippen molar-refractivity contribution in [3.63, 3.8) is 0 Å². The zero-order valence-corrected chi connectivity index (χ0v) is 13.2. The van der Waals surface area contributed by atoms with Gasteiger partial charge in [-0.1, -0.05) is 12.1 Å². The fourth-order valence-electron chi connectivity index (χ4n) is 2.05. The van der Waals surface area contributed by atoms with Crippen molar-refractivity contribution in [2.45, 2.75) is 4.90 Å². The van der Waals surface area contributed by atoms with Crippen molar-refractivity contribution in [2.24, 2.45) is 0 Å². The number of anilines is 1. The molecule has 23 heavy (non-hydrogen) atoms. The van der Waals surface area contributed by atoms with Gasteiger partial charge in [0.05, 0.1) is 16.6 Å². The lowest BCUT2D eigenvalue weighted by Gasteiger charge is -2.07. The number of sulfone groups is 1. The molecule has 0 radical (unpaired) electrons. The van der Waals surface area contributed by atoms with E-state index in [1.54, 1.807) is 12.1 Å². The summed E-state index contributed by atoms with van der Waals surface area (Å²) in [4.78, 5) is 11.9. The van der Waals surface area contributed by atoms with Crippen LogP contribution in [-0.4, -0.2) is 28.8 Å². The van der Waals surface area contributed by atoms with Crippen molar-refractivity contribution < 1.29 is 17.6 Å². The van der Waals surface area contributed by atoms with Gasteiger partial charge in [-0.15, -0.1) is 0 Å². The largest absolute Gasteiger partial charge is 0.325 e. The molecule has 0 unspecified atom stereocenters. The average Bonchev–Trinajstić information content (AvgIpc) is 2.94. The number of hydrogen-bond donors (Lipinski definition) is 1. The maximum atomic E-state index is 13.1. The predicted molar refractivity (Wildman–Crippen MR) is 84.5 cm³/mol. The summed E-state index contributed by atoms with van der Waals surface area (Å²) in [5, 5.41) is 2.36. The van der Waals surface area contributed by atoms with Gasteiger partial charge in [-0.3, -0.25) is 4.79 Å². The van der Waals surface area contributed by atoms with Gasteiger partial charge in [0.2, 0.25) is 5.91 Å². The van der Waals surface area contributed by atoms with Crippen molar-refractivity contribution in [2.75, 3.05) is 11.1 Å². The smallest absolute Gasteiger partial charge is 0.239 e. The van der Waals surface area contributed by atoms with Crippen molar-refractivity contribution in [1.82, 2.24) is 8.75 Å². The standard InChI is InChI=1S/C14H10FN3O3S2/c15-9-3-1-4-10(7-9)16-13(19)8-23(20,21)12-6-2-5-11-14(12)18-22-17-11/h1-7H,8H2,(H,16,19). The Morgan fingerprint density at radius 3 is 2.74 bits per heavy atom. The SMILES string of the molecule is O=C(CS(=O)(=O)c1cccc2nsnc12)Nc1cccc(F)c1. The Kier molecular flexibility index (Phi) is 4.05. The Labute approximate surface area is 135 Å². The summed E-state index contributed by atoms with van der Waals surface area (Å²) >= 11 is 0.900. The highest BCUT2D eigenvalue weighted by Gasteiger charge is 2.23. The topological polar surface area (TPSA) is 89.0 Å². The van der Waals surface area contributed by atoms with Crippen LogP contribution in [0.1, 0.15) is 0 Å². The third-order valence-corrected chi connectivity index (χ3v) is 5.20. The van der Waals surface area contributed by atoms with E-state index in [-0.39, 0.29) is 16.1 Å². The third kappa shape index (κ3) is 3.35. The summed E-state index contributed by atoms with van der Waals surface area (Å²) in [6, 6.07) is 9.79. The predicted octanol–water partition coefficient (Wildman–Crippen LogP) is 2.24.